The molecule has 82 valence electrons. The molecule has 0 amide bonds. The lowest BCUT2D eigenvalue weighted by atomic mass is 9.80. The van der Waals surface area contributed by atoms with Crippen molar-refractivity contribution in [1.29, 1.82) is 0 Å². The van der Waals surface area contributed by atoms with Crippen LogP contribution in [0.15, 0.2) is 24.3 Å². The topological polar surface area (TPSA) is 26.0 Å². The highest BCUT2D eigenvalue weighted by Gasteiger charge is 2.32. The molecule has 2 N–H and O–H groups in total. The molecule has 1 aromatic carbocycles. The van der Waals surface area contributed by atoms with Crippen molar-refractivity contribution in [3.8, 4) is 0 Å². The second-order valence-electron chi connectivity index (χ2n) is 4.71. The first kappa shape index (κ1) is 11.4. The van der Waals surface area contributed by atoms with Crippen molar-refractivity contribution in [2.24, 2.45) is 11.1 Å². The fraction of sp³-hybridized carbons (Fsp3) is 0.538. The van der Waals surface area contributed by atoms with Crippen LogP contribution in [0.5, 0.6) is 0 Å². The van der Waals surface area contributed by atoms with Gasteiger partial charge in [0.2, 0.25) is 0 Å². The second-order valence-corrected chi connectivity index (χ2v) is 5.96. The molecule has 0 atom stereocenters. The molecule has 15 heavy (non-hydrogen) atoms. The molecule has 1 saturated carbocycles. The maximum atomic E-state index is 5.95. The molecule has 0 unspecified atom stereocenters. The van der Waals surface area contributed by atoms with Crippen molar-refractivity contribution < 1.29 is 0 Å². The summed E-state index contributed by atoms with van der Waals surface area (Å²) in [6, 6.07) is 8.87. The van der Waals surface area contributed by atoms with Gasteiger partial charge in [-0.25, -0.2) is 0 Å². The number of hydrogen-bond acceptors (Lipinski definition) is 1. The number of halogens is 1. The molecular weight excluding hydrogens is 297 g/mol. The SMILES string of the molecule is NCC1(Cc2ccc(I)cc2)CCCC1. The highest BCUT2D eigenvalue weighted by molar-refractivity contribution is 14.1. The van der Waals surface area contributed by atoms with Gasteiger partial charge in [-0.05, 0) is 71.5 Å². The highest BCUT2D eigenvalue weighted by Crippen LogP contribution is 2.39. The second kappa shape index (κ2) is 4.83. The fourth-order valence-electron chi connectivity index (χ4n) is 2.61. The van der Waals surface area contributed by atoms with Crippen LogP contribution in [0.1, 0.15) is 31.2 Å². The predicted octanol–water partition coefficient (Wildman–Crippen LogP) is 3.35. The Kier molecular flexibility index (Phi) is 3.67. The third-order valence-electron chi connectivity index (χ3n) is 3.59. The van der Waals surface area contributed by atoms with Crippen LogP contribution < -0.4 is 5.73 Å². The Morgan fingerprint density at radius 2 is 1.73 bits per heavy atom. The van der Waals surface area contributed by atoms with Crippen LogP contribution >= 0.6 is 22.6 Å². The minimum Gasteiger partial charge on any atom is -0.330 e. The molecule has 1 aliphatic carbocycles. The van der Waals surface area contributed by atoms with Gasteiger partial charge in [0.05, 0.1) is 0 Å². The van der Waals surface area contributed by atoms with Gasteiger partial charge in [-0.2, -0.15) is 0 Å². The van der Waals surface area contributed by atoms with E-state index in [1.54, 1.807) is 0 Å². The van der Waals surface area contributed by atoms with Crippen molar-refractivity contribution in [3.63, 3.8) is 0 Å². The highest BCUT2D eigenvalue weighted by atomic mass is 127. The van der Waals surface area contributed by atoms with E-state index in [0.717, 1.165) is 6.54 Å². The molecule has 0 aliphatic heterocycles. The maximum Gasteiger partial charge on any atom is 0.0130 e. The monoisotopic (exact) mass is 315 g/mol. The molecule has 1 aromatic rings. The zero-order valence-electron chi connectivity index (χ0n) is 9.01. The Morgan fingerprint density at radius 1 is 1.13 bits per heavy atom. The molecule has 1 nitrogen and oxygen atoms in total. The molecular formula is C13H18IN. The summed E-state index contributed by atoms with van der Waals surface area (Å²) in [4.78, 5) is 0. The number of benzene rings is 1. The maximum absolute atomic E-state index is 5.95. The minimum absolute atomic E-state index is 0.410. The van der Waals surface area contributed by atoms with Gasteiger partial charge in [-0.1, -0.05) is 25.0 Å². The standard InChI is InChI=1S/C13H18IN/c14-12-5-3-11(4-6-12)9-13(10-15)7-1-2-8-13/h3-6H,1-2,7-10,15H2. The lowest BCUT2D eigenvalue weighted by Gasteiger charge is -2.27. The fourth-order valence-corrected chi connectivity index (χ4v) is 2.97. The summed E-state index contributed by atoms with van der Waals surface area (Å²) in [6.45, 7) is 0.846. The molecule has 0 radical (unpaired) electrons. The van der Waals surface area contributed by atoms with Crippen LogP contribution in [0.2, 0.25) is 0 Å². The van der Waals surface area contributed by atoms with Gasteiger partial charge in [0, 0.05) is 3.57 Å². The van der Waals surface area contributed by atoms with Crippen LogP contribution in [-0.2, 0) is 6.42 Å². The van der Waals surface area contributed by atoms with Gasteiger partial charge in [-0.3, -0.25) is 0 Å². The Balaban J connectivity index is 2.09. The smallest absolute Gasteiger partial charge is 0.0130 e. The van der Waals surface area contributed by atoms with E-state index in [2.05, 4.69) is 46.9 Å². The third kappa shape index (κ3) is 2.72. The van der Waals surface area contributed by atoms with Gasteiger partial charge in [0.15, 0.2) is 0 Å². The van der Waals surface area contributed by atoms with Gasteiger partial charge < -0.3 is 5.73 Å². The Bertz CT molecular complexity index is 312. The Hall–Kier alpha value is -0.0900. The summed E-state index contributed by atoms with van der Waals surface area (Å²) < 4.78 is 1.31. The Labute approximate surface area is 106 Å². The normalized spacial score (nSPS) is 19.3. The first-order chi connectivity index (χ1) is 7.24. The molecule has 1 aliphatic rings. The molecule has 0 saturated heterocycles. The van der Waals surface area contributed by atoms with Crippen molar-refractivity contribution in [2.45, 2.75) is 32.1 Å². The van der Waals surface area contributed by atoms with Crippen molar-refractivity contribution in [1.82, 2.24) is 0 Å². The van der Waals surface area contributed by atoms with Crippen LogP contribution in [0.3, 0.4) is 0 Å². The number of nitrogens with two attached hydrogens (primary N) is 1. The van der Waals surface area contributed by atoms with E-state index in [4.69, 9.17) is 5.73 Å². The van der Waals surface area contributed by atoms with Gasteiger partial charge in [0.25, 0.3) is 0 Å². The number of rotatable bonds is 3. The lowest BCUT2D eigenvalue weighted by molar-refractivity contribution is 0.306. The van der Waals surface area contributed by atoms with E-state index in [1.807, 2.05) is 0 Å². The molecule has 0 bridgehead atoms. The van der Waals surface area contributed by atoms with Gasteiger partial charge in [-0.15, -0.1) is 0 Å². The largest absolute Gasteiger partial charge is 0.330 e. The minimum atomic E-state index is 0.410. The van der Waals surface area contributed by atoms with Gasteiger partial charge in [0.1, 0.15) is 0 Å². The zero-order chi connectivity index (χ0) is 10.7. The summed E-state index contributed by atoms with van der Waals surface area (Å²) in [6.07, 6.45) is 6.52. The van der Waals surface area contributed by atoms with E-state index in [1.165, 1.54) is 41.2 Å². The van der Waals surface area contributed by atoms with E-state index in [-0.39, 0.29) is 0 Å². The third-order valence-corrected chi connectivity index (χ3v) is 4.31. The molecule has 0 spiro atoms. The van der Waals surface area contributed by atoms with E-state index in [9.17, 15) is 0 Å². The summed E-state index contributed by atoms with van der Waals surface area (Å²) in [5, 5.41) is 0. The Morgan fingerprint density at radius 3 is 2.27 bits per heavy atom. The van der Waals surface area contributed by atoms with Gasteiger partial charge >= 0.3 is 0 Å². The average molecular weight is 315 g/mol. The molecule has 0 aromatic heterocycles. The summed E-state index contributed by atoms with van der Waals surface area (Å²) >= 11 is 2.35. The predicted molar refractivity (Wildman–Crippen MR) is 72.8 cm³/mol. The summed E-state index contributed by atoms with van der Waals surface area (Å²) in [5.41, 5.74) is 7.80. The summed E-state index contributed by atoms with van der Waals surface area (Å²) in [5.74, 6) is 0. The average Bonchev–Trinajstić information content (AvgIpc) is 2.71. The first-order valence-corrected chi connectivity index (χ1v) is 6.77. The molecule has 2 rings (SSSR count). The van der Waals surface area contributed by atoms with E-state index < -0.39 is 0 Å². The van der Waals surface area contributed by atoms with Crippen molar-refractivity contribution >= 4 is 22.6 Å². The van der Waals surface area contributed by atoms with E-state index >= 15 is 0 Å². The number of hydrogen-bond donors (Lipinski definition) is 1. The van der Waals surface area contributed by atoms with Crippen LogP contribution in [0.4, 0.5) is 0 Å². The van der Waals surface area contributed by atoms with Crippen LogP contribution in [0, 0.1) is 8.99 Å². The zero-order valence-corrected chi connectivity index (χ0v) is 11.2. The quantitative estimate of drug-likeness (QED) is 0.851. The van der Waals surface area contributed by atoms with Crippen LogP contribution in [0.25, 0.3) is 0 Å². The van der Waals surface area contributed by atoms with Crippen molar-refractivity contribution in [3.05, 3.63) is 33.4 Å². The van der Waals surface area contributed by atoms with E-state index in [0.29, 0.717) is 5.41 Å². The molecule has 2 heteroatoms. The molecule has 1 fully saturated rings. The lowest BCUT2D eigenvalue weighted by Crippen LogP contribution is -2.29. The van der Waals surface area contributed by atoms with Crippen molar-refractivity contribution in [2.75, 3.05) is 6.54 Å². The summed E-state index contributed by atoms with van der Waals surface area (Å²) in [7, 11) is 0. The van der Waals surface area contributed by atoms with Crippen LogP contribution in [-0.4, -0.2) is 6.54 Å². The first-order valence-electron chi connectivity index (χ1n) is 5.69. The molecule has 0 heterocycles.